The lowest BCUT2D eigenvalue weighted by atomic mass is 9.97. The van der Waals surface area contributed by atoms with Crippen LogP contribution in [0.2, 0.25) is 0 Å². The minimum absolute atomic E-state index is 0.158. The Bertz CT molecular complexity index is 941. The molecule has 0 unspecified atom stereocenters. The van der Waals surface area contributed by atoms with Crippen molar-refractivity contribution in [3.05, 3.63) is 59.4 Å². The van der Waals surface area contributed by atoms with Gasteiger partial charge in [0.15, 0.2) is 11.5 Å². The van der Waals surface area contributed by atoms with Gasteiger partial charge in [-0.1, -0.05) is 17.7 Å². The normalized spacial score (nSPS) is 13.2. The summed E-state index contributed by atoms with van der Waals surface area (Å²) in [6.07, 6.45) is 11.3. The first kappa shape index (κ1) is 22.3. The van der Waals surface area contributed by atoms with Crippen molar-refractivity contribution in [1.29, 1.82) is 0 Å². The van der Waals surface area contributed by atoms with Gasteiger partial charge < -0.3 is 20.1 Å². The van der Waals surface area contributed by atoms with Crippen LogP contribution in [0.5, 0.6) is 11.5 Å². The number of carbonyl (C=O) groups is 2. The Morgan fingerprint density at radius 2 is 2.03 bits per heavy atom. The molecule has 7 heteroatoms. The van der Waals surface area contributed by atoms with Gasteiger partial charge >= 0.3 is 0 Å². The van der Waals surface area contributed by atoms with E-state index in [9.17, 15) is 9.59 Å². The minimum atomic E-state index is -0.241. The van der Waals surface area contributed by atoms with E-state index in [1.807, 2.05) is 6.07 Å². The van der Waals surface area contributed by atoms with Crippen molar-refractivity contribution < 1.29 is 19.1 Å². The fourth-order valence-electron chi connectivity index (χ4n) is 3.64. The minimum Gasteiger partial charge on any atom is -0.493 e. The quantitative estimate of drug-likeness (QED) is 0.597. The van der Waals surface area contributed by atoms with Crippen LogP contribution >= 0.6 is 0 Å². The predicted octanol–water partition coefficient (Wildman–Crippen LogP) is 3.90. The number of benzene rings is 1. The summed E-state index contributed by atoms with van der Waals surface area (Å²) >= 11 is 0. The zero-order valence-electron chi connectivity index (χ0n) is 18.1. The van der Waals surface area contributed by atoms with Crippen LogP contribution in [0.1, 0.15) is 48.0 Å². The van der Waals surface area contributed by atoms with Crippen molar-refractivity contribution >= 4 is 17.5 Å². The first-order chi connectivity index (χ1) is 15.1. The summed E-state index contributed by atoms with van der Waals surface area (Å²) in [5.41, 5.74) is 2.97. The summed E-state index contributed by atoms with van der Waals surface area (Å²) in [7, 11) is 2.99. The van der Waals surface area contributed by atoms with E-state index in [4.69, 9.17) is 9.47 Å². The summed E-state index contributed by atoms with van der Waals surface area (Å²) in [6, 6.07) is 6.83. The number of allylic oxidation sites excluding steroid dienone is 1. The molecule has 0 saturated heterocycles. The first-order valence-electron chi connectivity index (χ1n) is 10.5. The lowest BCUT2D eigenvalue weighted by Gasteiger charge is -2.16. The van der Waals surface area contributed by atoms with Crippen LogP contribution in [0, 0.1) is 0 Å². The molecule has 31 heavy (non-hydrogen) atoms. The fourth-order valence-corrected chi connectivity index (χ4v) is 3.64. The van der Waals surface area contributed by atoms with Crippen LogP contribution in [0.3, 0.4) is 0 Å². The van der Waals surface area contributed by atoms with Crippen molar-refractivity contribution in [2.75, 3.05) is 26.1 Å². The second kappa shape index (κ2) is 11.2. The van der Waals surface area contributed by atoms with Crippen LogP contribution < -0.4 is 20.1 Å². The second-order valence-electron chi connectivity index (χ2n) is 7.46. The van der Waals surface area contributed by atoms with E-state index in [1.54, 1.807) is 30.6 Å². The van der Waals surface area contributed by atoms with Crippen molar-refractivity contribution in [1.82, 2.24) is 10.3 Å². The lowest BCUT2D eigenvalue weighted by molar-refractivity contribution is -0.115. The van der Waals surface area contributed by atoms with E-state index in [0.29, 0.717) is 29.3 Å². The monoisotopic (exact) mass is 423 g/mol. The number of nitrogens with zero attached hydrogens (tertiary/aromatic N) is 1. The molecule has 2 aromatic rings. The van der Waals surface area contributed by atoms with Crippen LogP contribution in [-0.4, -0.2) is 37.6 Å². The molecule has 164 valence electrons. The zero-order valence-corrected chi connectivity index (χ0v) is 18.1. The molecular formula is C24H29N3O4. The number of hydrogen-bond donors (Lipinski definition) is 2. The molecule has 0 atom stereocenters. The highest BCUT2D eigenvalue weighted by Crippen LogP contribution is 2.36. The third-order valence-corrected chi connectivity index (χ3v) is 5.22. The Hall–Kier alpha value is -3.35. The second-order valence-corrected chi connectivity index (χ2v) is 7.46. The highest BCUT2D eigenvalue weighted by atomic mass is 16.5. The number of anilines is 1. The summed E-state index contributed by atoms with van der Waals surface area (Å²) in [6.45, 7) is 0.571. The molecule has 0 radical (unpaired) electrons. The summed E-state index contributed by atoms with van der Waals surface area (Å²) in [4.78, 5) is 29.3. The molecule has 0 aliphatic heterocycles. The van der Waals surface area contributed by atoms with E-state index < -0.39 is 0 Å². The van der Waals surface area contributed by atoms with Gasteiger partial charge in [0.05, 0.1) is 26.3 Å². The molecular weight excluding hydrogens is 394 g/mol. The highest BCUT2D eigenvalue weighted by molar-refractivity contribution is 5.99. The van der Waals surface area contributed by atoms with Crippen molar-refractivity contribution in [2.45, 2.75) is 38.5 Å². The largest absolute Gasteiger partial charge is 0.493 e. The number of methoxy groups -OCH3 is 2. The van der Waals surface area contributed by atoms with Crippen LogP contribution in [0.4, 0.5) is 5.69 Å². The van der Waals surface area contributed by atoms with E-state index in [1.165, 1.54) is 32.6 Å². The number of hydrogen-bond acceptors (Lipinski definition) is 5. The molecule has 3 rings (SSSR count). The van der Waals surface area contributed by atoms with E-state index in [2.05, 4.69) is 21.7 Å². The maximum Gasteiger partial charge on any atom is 0.251 e. The molecule has 0 spiro atoms. The molecule has 0 bridgehead atoms. The van der Waals surface area contributed by atoms with Gasteiger partial charge in [-0.15, -0.1) is 0 Å². The molecule has 1 heterocycles. The number of amides is 2. The molecule has 2 amide bonds. The molecule has 0 fully saturated rings. The standard InChI is InChI=1S/C24H29N3O4/c1-30-21-15-19(24(29)26-12-10-17-7-4-3-5-8-17)14-20(23(21)31-2)27-22(28)13-18-9-6-11-25-16-18/h6-7,9,11,14-16H,3-5,8,10,12-13H2,1-2H3,(H,26,29)(H,27,28). The van der Waals surface area contributed by atoms with Gasteiger partial charge in [-0.05, 0) is 55.9 Å². The van der Waals surface area contributed by atoms with Crippen LogP contribution in [0.15, 0.2) is 48.3 Å². The predicted molar refractivity (Wildman–Crippen MR) is 120 cm³/mol. The third kappa shape index (κ3) is 6.31. The number of ether oxygens (including phenoxy) is 2. The molecule has 1 aromatic heterocycles. The average molecular weight is 424 g/mol. The first-order valence-corrected chi connectivity index (χ1v) is 10.5. The van der Waals surface area contributed by atoms with Gasteiger partial charge in [-0.3, -0.25) is 14.6 Å². The number of pyridine rings is 1. The SMILES string of the molecule is COc1cc(C(=O)NCCC2=CCCCC2)cc(NC(=O)Cc2cccnc2)c1OC. The molecule has 1 aliphatic carbocycles. The maximum atomic E-state index is 12.7. The van der Waals surface area contributed by atoms with Gasteiger partial charge in [0.2, 0.25) is 5.91 Å². The van der Waals surface area contributed by atoms with E-state index in [-0.39, 0.29) is 18.2 Å². The van der Waals surface area contributed by atoms with Crippen molar-refractivity contribution in [2.24, 2.45) is 0 Å². The van der Waals surface area contributed by atoms with Crippen molar-refractivity contribution in [3.8, 4) is 11.5 Å². The van der Waals surface area contributed by atoms with Gasteiger partial charge in [0.1, 0.15) is 0 Å². The Labute approximate surface area is 182 Å². The van der Waals surface area contributed by atoms with Crippen LogP contribution in [-0.2, 0) is 11.2 Å². The summed E-state index contributed by atoms with van der Waals surface area (Å²) in [5.74, 6) is 0.281. The Morgan fingerprint density at radius 3 is 2.71 bits per heavy atom. The Kier molecular flexibility index (Phi) is 8.04. The highest BCUT2D eigenvalue weighted by Gasteiger charge is 2.18. The average Bonchev–Trinajstić information content (AvgIpc) is 2.79. The number of carbonyl (C=O) groups excluding carboxylic acids is 2. The lowest BCUT2D eigenvalue weighted by Crippen LogP contribution is -2.25. The topological polar surface area (TPSA) is 89.6 Å². The van der Waals surface area contributed by atoms with Crippen LogP contribution in [0.25, 0.3) is 0 Å². The molecule has 7 nitrogen and oxygen atoms in total. The third-order valence-electron chi connectivity index (χ3n) is 5.22. The maximum absolute atomic E-state index is 12.7. The van der Waals surface area contributed by atoms with Gasteiger partial charge in [0, 0.05) is 24.5 Å². The van der Waals surface area contributed by atoms with E-state index in [0.717, 1.165) is 24.8 Å². The summed E-state index contributed by atoms with van der Waals surface area (Å²) < 4.78 is 10.8. The Morgan fingerprint density at radius 1 is 1.16 bits per heavy atom. The molecule has 2 N–H and O–H groups in total. The molecule has 1 aromatic carbocycles. The van der Waals surface area contributed by atoms with Gasteiger partial charge in [-0.25, -0.2) is 0 Å². The van der Waals surface area contributed by atoms with Gasteiger partial charge in [0.25, 0.3) is 5.91 Å². The van der Waals surface area contributed by atoms with E-state index >= 15 is 0 Å². The van der Waals surface area contributed by atoms with Gasteiger partial charge in [-0.2, -0.15) is 0 Å². The number of aromatic nitrogens is 1. The number of nitrogens with one attached hydrogen (secondary N) is 2. The summed E-state index contributed by atoms with van der Waals surface area (Å²) in [5, 5.41) is 5.79. The smallest absolute Gasteiger partial charge is 0.251 e. The van der Waals surface area contributed by atoms with Crippen molar-refractivity contribution in [3.63, 3.8) is 0 Å². The zero-order chi connectivity index (χ0) is 22.1. The molecule has 1 aliphatic rings. The Balaban J connectivity index is 1.70. The number of rotatable bonds is 9. The fraction of sp³-hybridized carbons (Fsp3) is 0.375. The molecule has 0 saturated carbocycles.